The van der Waals surface area contributed by atoms with Crippen LogP contribution in [0.15, 0.2) is 24.5 Å². The van der Waals surface area contributed by atoms with Gasteiger partial charge in [-0.15, -0.1) is 0 Å². The van der Waals surface area contributed by atoms with Crippen LogP contribution in [0.2, 0.25) is 0 Å². The van der Waals surface area contributed by atoms with Gasteiger partial charge in [-0.25, -0.2) is 9.50 Å². The Kier molecular flexibility index (Phi) is 2.18. The zero-order chi connectivity index (χ0) is 10.9. The SMILES string of the molecule is CC(C)(O)C#Cc1cnc2cccnn12. The molecule has 0 atom stereocenters. The fourth-order valence-electron chi connectivity index (χ4n) is 1.13. The van der Waals surface area contributed by atoms with Crippen LogP contribution in [-0.4, -0.2) is 25.3 Å². The molecule has 0 aliphatic carbocycles. The summed E-state index contributed by atoms with van der Waals surface area (Å²) in [5.41, 5.74) is 0.420. The number of imidazole rings is 1. The Morgan fingerprint density at radius 1 is 1.47 bits per heavy atom. The van der Waals surface area contributed by atoms with Gasteiger partial charge in [-0.2, -0.15) is 5.10 Å². The zero-order valence-electron chi connectivity index (χ0n) is 8.60. The Bertz CT molecular complexity index is 540. The summed E-state index contributed by atoms with van der Waals surface area (Å²) >= 11 is 0. The monoisotopic (exact) mass is 201 g/mol. The molecule has 0 radical (unpaired) electrons. The van der Waals surface area contributed by atoms with E-state index in [4.69, 9.17) is 0 Å². The van der Waals surface area contributed by atoms with Crippen molar-refractivity contribution >= 4 is 5.65 Å². The van der Waals surface area contributed by atoms with Crippen LogP contribution < -0.4 is 0 Å². The first kappa shape index (κ1) is 9.69. The van der Waals surface area contributed by atoms with E-state index < -0.39 is 5.60 Å². The van der Waals surface area contributed by atoms with Gasteiger partial charge in [0.05, 0.1) is 6.20 Å². The van der Waals surface area contributed by atoms with Gasteiger partial charge in [0, 0.05) is 6.20 Å². The molecular weight excluding hydrogens is 190 g/mol. The van der Waals surface area contributed by atoms with E-state index in [2.05, 4.69) is 21.9 Å². The highest BCUT2D eigenvalue weighted by molar-refractivity contribution is 5.43. The van der Waals surface area contributed by atoms with E-state index >= 15 is 0 Å². The molecule has 0 fully saturated rings. The van der Waals surface area contributed by atoms with Crippen molar-refractivity contribution in [2.45, 2.75) is 19.4 Å². The van der Waals surface area contributed by atoms with Crippen LogP contribution in [0, 0.1) is 11.8 Å². The minimum atomic E-state index is -1.00. The van der Waals surface area contributed by atoms with Gasteiger partial charge in [-0.05, 0) is 31.9 Å². The van der Waals surface area contributed by atoms with E-state index in [9.17, 15) is 5.11 Å². The molecule has 0 bridgehead atoms. The molecule has 2 rings (SSSR count). The molecule has 0 aliphatic heterocycles. The number of hydrogen-bond acceptors (Lipinski definition) is 3. The molecule has 0 saturated carbocycles. The molecule has 0 unspecified atom stereocenters. The molecular formula is C11H11N3O. The van der Waals surface area contributed by atoms with Crippen LogP contribution in [0.4, 0.5) is 0 Å². The summed E-state index contributed by atoms with van der Waals surface area (Å²) in [5, 5.41) is 13.6. The molecule has 2 aromatic heterocycles. The van der Waals surface area contributed by atoms with Gasteiger partial charge in [-0.3, -0.25) is 0 Å². The third kappa shape index (κ3) is 2.14. The highest BCUT2D eigenvalue weighted by Gasteiger charge is 2.07. The van der Waals surface area contributed by atoms with Crippen molar-refractivity contribution in [2.24, 2.45) is 0 Å². The third-order valence-electron chi connectivity index (χ3n) is 1.77. The van der Waals surface area contributed by atoms with Crippen molar-refractivity contribution < 1.29 is 5.11 Å². The first-order valence-corrected chi connectivity index (χ1v) is 4.60. The minimum Gasteiger partial charge on any atom is -0.378 e. The van der Waals surface area contributed by atoms with Gasteiger partial charge in [0.15, 0.2) is 5.65 Å². The van der Waals surface area contributed by atoms with Gasteiger partial charge in [0.25, 0.3) is 0 Å². The lowest BCUT2D eigenvalue weighted by molar-refractivity contribution is 0.143. The van der Waals surface area contributed by atoms with Gasteiger partial charge in [-0.1, -0.05) is 5.92 Å². The Morgan fingerprint density at radius 3 is 3.00 bits per heavy atom. The fraction of sp³-hybridized carbons (Fsp3) is 0.273. The normalized spacial score (nSPS) is 11.1. The third-order valence-corrected chi connectivity index (χ3v) is 1.77. The van der Waals surface area contributed by atoms with Crippen molar-refractivity contribution in [3.05, 3.63) is 30.2 Å². The Labute approximate surface area is 87.6 Å². The van der Waals surface area contributed by atoms with Crippen molar-refractivity contribution in [2.75, 3.05) is 0 Å². The molecule has 4 nitrogen and oxygen atoms in total. The van der Waals surface area contributed by atoms with Crippen molar-refractivity contribution in [1.29, 1.82) is 0 Å². The summed E-state index contributed by atoms with van der Waals surface area (Å²) in [7, 11) is 0. The lowest BCUT2D eigenvalue weighted by Crippen LogP contribution is -2.14. The Balaban J connectivity index is 2.48. The first-order valence-electron chi connectivity index (χ1n) is 4.60. The molecule has 2 aromatic rings. The van der Waals surface area contributed by atoms with Gasteiger partial charge in [0.1, 0.15) is 11.3 Å². The molecule has 0 spiro atoms. The van der Waals surface area contributed by atoms with E-state index in [0.717, 1.165) is 5.65 Å². The van der Waals surface area contributed by atoms with E-state index in [1.54, 1.807) is 30.8 Å². The molecule has 4 heteroatoms. The van der Waals surface area contributed by atoms with Crippen molar-refractivity contribution in [3.63, 3.8) is 0 Å². The maximum atomic E-state index is 9.46. The predicted molar refractivity (Wildman–Crippen MR) is 56.2 cm³/mol. The van der Waals surface area contributed by atoms with Crippen LogP contribution in [0.3, 0.4) is 0 Å². The molecule has 1 N–H and O–H groups in total. The van der Waals surface area contributed by atoms with Gasteiger partial charge in [0.2, 0.25) is 0 Å². The second kappa shape index (κ2) is 3.37. The average Bonchev–Trinajstić information content (AvgIpc) is 2.57. The number of fused-ring (bicyclic) bond motifs is 1. The fourth-order valence-corrected chi connectivity index (χ4v) is 1.13. The predicted octanol–water partition coefficient (Wildman–Crippen LogP) is 0.852. The molecule has 0 amide bonds. The minimum absolute atomic E-state index is 0.674. The number of aliphatic hydroxyl groups is 1. The van der Waals surface area contributed by atoms with Crippen molar-refractivity contribution in [3.8, 4) is 11.8 Å². The van der Waals surface area contributed by atoms with Crippen molar-refractivity contribution in [1.82, 2.24) is 14.6 Å². The molecule has 76 valence electrons. The summed E-state index contributed by atoms with van der Waals surface area (Å²) in [4.78, 5) is 4.14. The molecule has 15 heavy (non-hydrogen) atoms. The number of hydrogen-bond donors (Lipinski definition) is 1. The zero-order valence-corrected chi connectivity index (χ0v) is 8.60. The largest absolute Gasteiger partial charge is 0.378 e. The quantitative estimate of drug-likeness (QED) is 0.643. The van der Waals surface area contributed by atoms with Crippen LogP contribution in [0.1, 0.15) is 19.5 Å². The van der Waals surface area contributed by atoms with Crippen LogP contribution >= 0.6 is 0 Å². The Hall–Kier alpha value is -1.86. The number of nitrogens with zero attached hydrogens (tertiary/aromatic N) is 3. The van der Waals surface area contributed by atoms with Gasteiger partial charge < -0.3 is 5.11 Å². The molecule has 0 saturated heterocycles. The maximum absolute atomic E-state index is 9.46. The summed E-state index contributed by atoms with van der Waals surface area (Å²) in [6, 6.07) is 3.66. The average molecular weight is 201 g/mol. The molecule has 2 heterocycles. The maximum Gasteiger partial charge on any atom is 0.154 e. The summed E-state index contributed by atoms with van der Waals surface area (Å²) in [6.07, 6.45) is 3.31. The van der Waals surface area contributed by atoms with Gasteiger partial charge >= 0.3 is 0 Å². The number of rotatable bonds is 0. The van der Waals surface area contributed by atoms with E-state index in [1.807, 2.05) is 12.1 Å². The van der Waals surface area contributed by atoms with Crippen LogP contribution in [0.25, 0.3) is 5.65 Å². The lowest BCUT2D eigenvalue weighted by atomic mass is 10.1. The second-order valence-corrected chi connectivity index (χ2v) is 3.75. The first-order chi connectivity index (χ1) is 7.06. The summed E-state index contributed by atoms with van der Waals surface area (Å²) in [6.45, 7) is 3.27. The van der Waals surface area contributed by atoms with E-state index in [1.165, 1.54) is 0 Å². The Morgan fingerprint density at radius 2 is 2.27 bits per heavy atom. The van der Waals surface area contributed by atoms with Crippen LogP contribution in [0.5, 0.6) is 0 Å². The highest BCUT2D eigenvalue weighted by atomic mass is 16.3. The summed E-state index contributed by atoms with van der Waals surface area (Å²) < 4.78 is 1.64. The highest BCUT2D eigenvalue weighted by Crippen LogP contribution is 2.03. The lowest BCUT2D eigenvalue weighted by Gasteiger charge is -2.05. The van der Waals surface area contributed by atoms with E-state index in [0.29, 0.717) is 5.69 Å². The standard InChI is InChI=1S/C11H11N3O/c1-11(2,15)6-5-9-8-12-10-4-3-7-13-14(9)10/h3-4,7-8,15H,1-2H3. The molecule has 0 aliphatic rings. The topological polar surface area (TPSA) is 50.4 Å². The molecule has 0 aromatic carbocycles. The van der Waals surface area contributed by atoms with Crippen LogP contribution in [-0.2, 0) is 0 Å². The number of aromatic nitrogens is 3. The summed E-state index contributed by atoms with van der Waals surface area (Å²) in [5.74, 6) is 5.57. The van der Waals surface area contributed by atoms with E-state index in [-0.39, 0.29) is 0 Å². The smallest absolute Gasteiger partial charge is 0.154 e. The second-order valence-electron chi connectivity index (χ2n) is 3.75.